The van der Waals surface area contributed by atoms with Crippen LogP contribution in [-0.4, -0.2) is 21.9 Å². The van der Waals surface area contributed by atoms with Gasteiger partial charge in [0.1, 0.15) is 11.9 Å². The summed E-state index contributed by atoms with van der Waals surface area (Å²) >= 11 is 0. The molecule has 3 aliphatic rings. The molecule has 2 saturated carbocycles. The predicted octanol–water partition coefficient (Wildman–Crippen LogP) is 5.59. The summed E-state index contributed by atoms with van der Waals surface area (Å²) in [6.07, 6.45) is 8.47. The molecule has 1 aromatic heterocycles. The Hall–Kier alpha value is -2.94. The molecule has 6 nitrogen and oxygen atoms in total. The minimum absolute atomic E-state index is 0.119. The number of carbonyl (C=O) groups is 1. The maximum Gasteiger partial charge on any atom is 0.227 e. The van der Waals surface area contributed by atoms with Gasteiger partial charge >= 0.3 is 0 Å². The Balaban J connectivity index is 1.40. The Morgan fingerprint density at radius 1 is 1.19 bits per heavy atom. The molecule has 3 atom stereocenters. The lowest BCUT2D eigenvalue weighted by Crippen LogP contribution is -2.38. The number of nitriles is 1. The average Bonchev–Trinajstić information content (AvgIpc) is 2.99. The maximum atomic E-state index is 12.2. The lowest BCUT2D eigenvalue weighted by atomic mass is 9.70. The second-order valence-corrected chi connectivity index (χ2v) is 10.4. The number of Topliss-reactive ketones (excluding diaryl/α,β-unsaturated/α-hetero) is 1. The summed E-state index contributed by atoms with van der Waals surface area (Å²) in [5.41, 5.74) is 3.08. The summed E-state index contributed by atoms with van der Waals surface area (Å²) in [6, 6.07) is 7.74. The van der Waals surface area contributed by atoms with Crippen LogP contribution in [0.5, 0.6) is 5.75 Å². The molecule has 3 aliphatic carbocycles. The fourth-order valence-electron chi connectivity index (χ4n) is 6.02. The summed E-state index contributed by atoms with van der Waals surface area (Å²) in [4.78, 5) is 21.2. The first kappa shape index (κ1) is 20.9. The third-order valence-corrected chi connectivity index (χ3v) is 8.52. The molecule has 2 aromatic rings. The number of carbonyl (C=O) groups excluding carboxylic acids is 1. The molecule has 1 aromatic carbocycles. The van der Waals surface area contributed by atoms with Gasteiger partial charge in [-0.2, -0.15) is 5.26 Å². The topological polar surface area (TPSA) is 87.9 Å². The highest BCUT2D eigenvalue weighted by atomic mass is 16.5. The fourth-order valence-corrected chi connectivity index (χ4v) is 6.02. The minimum atomic E-state index is 0.119. The smallest absolute Gasteiger partial charge is 0.227 e. The number of anilines is 2. The van der Waals surface area contributed by atoms with E-state index in [4.69, 9.17) is 4.74 Å². The number of aromatic nitrogens is 2. The van der Waals surface area contributed by atoms with Gasteiger partial charge in [0.15, 0.2) is 5.78 Å². The lowest BCUT2D eigenvalue weighted by molar-refractivity contribution is 0.0302. The van der Waals surface area contributed by atoms with Gasteiger partial charge in [0, 0.05) is 29.8 Å². The monoisotopic (exact) mass is 430 g/mol. The van der Waals surface area contributed by atoms with Crippen LogP contribution in [0, 0.1) is 28.1 Å². The van der Waals surface area contributed by atoms with Crippen molar-refractivity contribution in [3.63, 3.8) is 0 Å². The van der Waals surface area contributed by atoms with Crippen LogP contribution in [0.25, 0.3) is 0 Å². The van der Waals surface area contributed by atoms with Crippen molar-refractivity contribution >= 4 is 17.4 Å². The maximum absolute atomic E-state index is 12.2. The Kier molecular flexibility index (Phi) is 4.96. The Labute approximate surface area is 189 Å². The van der Waals surface area contributed by atoms with Crippen molar-refractivity contribution in [1.82, 2.24) is 9.97 Å². The highest BCUT2D eigenvalue weighted by Gasteiger charge is 2.62. The van der Waals surface area contributed by atoms with Crippen LogP contribution in [0.2, 0.25) is 0 Å². The van der Waals surface area contributed by atoms with Crippen LogP contribution in [0.4, 0.5) is 11.6 Å². The van der Waals surface area contributed by atoms with E-state index in [9.17, 15) is 10.1 Å². The van der Waals surface area contributed by atoms with Gasteiger partial charge in [-0.3, -0.25) is 4.79 Å². The predicted molar refractivity (Wildman–Crippen MR) is 122 cm³/mol. The number of nitrogens with zero attached hydrogens (tertiary/aromatic N) is 3. The molecule has 0 saturated heterocycles. The number of rotatable bonds is 4. The van der Waals surface area contributed by atoms with Crippen LogP contribution in [0.3, 0.4) is 0 Å². The Morgan fingerprint density at radius 3 is 2.72 bits per heavy atom. The van der Waals surface area contributed by atoms with E-state index in [0.29, 0.717) is 40.9 Å². The molecular formula is C26H30N4O2. The molecule has 1 N–H and O–H groups in total. The molecule has 1 heterocycles. The standard InChI is InChI=1S/C26H30N4O2/c1-25(2)17-8-9-26(25,3)23(12-17)32-19-11-16(14-27)10-18(13-19)29-24-28-15-20-21(30-24)6-4-5-7-22(20)31/h10-11,13,15,17,23H,4-9,12H2,1-3H3,(H,28,29,30)/t17-,23-,26+/m0/s1. The van der Waals surface area contributed by atoms with Crippen molar-refractivity contribution in [2.24, 2.45) is 16.7 Å². The third-order valence-electron chi connectivity index (χ3n) is 8.52. The van der Waals surface area contributed by atoms with Gasteiger partial charge in [-0.05, 0) is 62.0 Å². The summed E-state index contributed by atoms with van der Waals surface area (Å²) in [5.74, 6) is 1.94. The van der Waals surface area contributed by atoms with E-state index < -0.39 is 0 Å². The average molecular weight is 431 g/mol. The minimum Gasteiger partial charge on any atom is -0.490 e. The highest BCUT2D eigenvalue weighted by molar-refractivity contribution is 5.97. The van der Waals surface area contributed by atoms with Gasteiger partial charge in [0.2, 0.25) is 5.95 Å². The highest BCUT2D eigenvalue weighted by Crippen LogP contribution is 2.66. The molecule has 0 unspecified atom stereocenters. The van der Waals surface area contributed by atoms with Crippen LogP contribution in [0.1, 0.15) is 80.9 Å². The zero-order valence-corrected chi connectivity index (χ0v) is 19.1. The quantitative estimate of drug-likeness (QED) is 0.636. The van der Waals surface area contributed by atoms with Crippen LogP contribution < -0.4 is 10.1 Å². The molecule has 0 amide bonds. The van der Waals surface area contributed by atoms with Crippen molar-refractivity contribution in [1.29, 1.82) is 5.26 Å². The van der Waals surface area contributed by atoms with Gasteiger partial charge in [-0.15, -0.1) is 0 Å². The number of hydrogen-bond donors (Lipinski definition) is 1. The van der Waals surface area contributed by atoms with Crippen molar-refractivity contribution in [2.75, 3.05) is 5.32 Å². The van der Waals surface area contributed by atoms with E-state index in [-0.39, 0.29) is 22.7 Å². The number of aryl methyl sites for hydroxylation is 1. The van der Waals surface area contributed by atoms with Gasteiger partial charge < -0.3 is 10.1 Å². The summed E-state index contributed by atoms with van der Waals surface area (Å²) in [6.45, 7) is 7.09. The molecular weight excluding hydrogens is 400 g/mol. The van der Waals surface area contributed by atoms with Crippen LogP contribution >= 0.6 is 0 Å². The van der Waals surface area contributed by atoms with E-state index in [2.05, 4.69) is 42.1 Å². The van der Waals surface area contributed by atoms with E-state index in [0.717, 1.165) is 31.4 Å². The number of benzene rings is 1. The summed E-state index contributed by atoms with van der Waals surface area (Å²) in [5, 5.41) is 12.8. The van der Waals surface area contributed by atoms with E-state index in [1.54, 1.807) is 12.3 Å². The lowest BCUT2D eigenvalue weighted by Gasteiger charge is -2.39. The zero-order chi connectivity index (χ0) is 22.5. The van der Waals surface area contributed by atoms with Crippen molar-refractivity contribution in [2.45, 2.75) is 71.8 Å². The molecule has 2 bridgehead atoms. The first-order valence-corrected chi connectivity index (χ1v) is 11.7. The van der Waals surface area contributed by atoms with Crippen molar-refractivity contribution < 1.29 is 9.53 Å². The molecule has 32 heavy (non-hydrogen) atoms. The van der Waals surface area contributed by atoms with Gasteiger partial charge in [0.05, 0.1) is 22.9 Å². The fraction of sp³-hybridized carbons (Fsp3) is 0.538. The largest absolute Gasteiger partial charge is 0.490 e. The van der Waals surface area contributed by atoms with Gasteiger partial charge in [-0.1, -0.05) is 20.8 Å². The molecule has 6 heteroatoms. The van der Waals surface area contributed by atoms with E-state index >= 15 is 0 Å². The number of hydrogen-bond acceptors (Lipinski definition) is 6. The Bertz CT molecular complexity index is 1120. The number of ether oxygens (including phenoxy) is 1. The van der Waals surface area contributed by atoms with E-state index in [1.807, 2.05) is 12.1 Å². The molecule has 0 radical (unpaired) electrons. The first-order valence-electron chi connectivity index (χ1n) is 11.7. The number of fused-ring (bicyclic) bond motifs is 3. The van der Waals surface area contributed by atoms with Gasteiger partial charge in [0.25, 0.3) is 0 Å². The van der Waals surface area contributed by atoms with Gasteiger partial charge in [-0.25, -0.2) is 9.97 Å². The zero-order valence-electron chi connectivity index (χ0n) is 19.1. The number of ketones is 1. The number of nitrogens with one attached hydrogen (secondary N) is 1. The van der Waals surface area contributed by atoms with Crippen molar-refractivity contribution in [3.05, 3.63) is 41.2 Å². The molecule has 5 rings (SSSR count). The SMILES string of the molecule is CC1(C)[C@H]2CC[C@]1(C)[C@@H](Oc1cc(C#N)cc(Nc3ncc4c(n3)CCCCC4=O)c1)C2. The summed E-state index contributed by atoms with van der Waals surface area (Å²) < 4.78 is 6.51. The Morgan fingerprint density at radius 2 is 2.00 bits per heavy atom. The van der Waals surface area contributed by atoms with Crippen LogP contribution in [-0.2, 0) is 6.42 Å². The normalized spacial score (nSPS) is 28.0. The molecule has 0 spiro atoms. The van der Waals surface area contributed by atoms with Crippen LogP contribution in [0.15, 0.2) is 24.4 Å². The first-order chi connectivity index (χ1) is 15.3. The van der Waals surface area contributed by atoms with E-state index in [1.165, 1.54) is 12.8 Å². The summed E-state index contributed by atoms with van der Waals surface area (Å²) in [7, 11) is 0. The third kappa shape index (κ3) is 3.35. The molecule has 0 aliphatic heterocycles. The van der Waals surface area contributed by atoms with Crippen molar-refractivity contribution in [3.8, 4) is 11.8 Å². The second-order valence-electron chi connectivity index (χ2n) is 10.4. The second kappa shape index (κ2) is 7.58. The molecule has 2 fully saturated rings. The molecule has 166 valence electrons.